The molecule has 118 valence electrons. The summed E-state index contributed by atoms with van der Waals surface area (Å²) in [7, 11) is 0. The van der Waals surface area contributed by atoms with Crippen LogP contribution in [0.1, 0.15) is 11.1 Å². The van der Waals surface area contributed by atoms with Crippen LogP contribution in [0, 0.1) is 6.92 Å². The van der Waals surface area contributed by atoms with E-state index in [9.17, 15) is 0 Å². The Morgan fingerprint density at radius 3 is 2.58 bits per heavy atom. The fraction of sp³-hybridized carbons (Fsp3) is 0.150. The van der Waals surface area contributed by atoms with Crippen molar-refractivity contribution >= 4 is 11.0 Å². The maximum Gasteiger partial charge on any atom is 0.159 e. The van der Waals surface area contributed by atoms with Crippen LogP contribution in [0.3, 0.4) is 0 Å². The number of hydrogen-bond acceptors (Lipinski definition) is 3. The van der Waals surface area contributed by atoms with Gasteiger partial charge in [0.15, 0.2) is 5.82 Å². The van der Waals surface area contributed by atoms with Gasteiger partial charge in [0.05, 0.1) is 11.0 Å². The molecular weight excluding hydrogens is 296 g/mol. The van der Waals surface area contributed by atoms with Crippen LogP contribution >= 0.6 is 0 Å². The molecule has 0 bridgehead atoms. The third kappa shape index (κ3) is 2.67. The lowest BCUT2D eigenvalue weighted by Gasteiger charge is -2.10. The highest BCUT2D eigenvalue weighted by molar-refractivity contribution is 5.83. The zero-order valence-corrected chi connectivity index (χ0v) is 13.6. The molecule has 0 N–H and O–H groups in total. The third-order valence-corrected chi connectivity index (χ3v) is 4.24. The number of aromatic nitrogens is 4. The fourth-order valence-electron chi connectivity index (χ4n) is 3.06. The molecule has 0 aliphatic carbocycles. The summed E-state index contributed by atoms with van der Waals surface area (Å²) in [6.07, 6.45) is 6.43. The minimum absolute atomic E-state index is 0.858. The van der Waals surface area contributed by atoms with E-state index in [4.69, 9.17) is 4.98 Å². The topological polar surface area (TPSA) is 43.6 Å². The van der Waals surface area contributed by atoms with Crippen molar-refractivity contribution in [2.24, 2.45) is 0 Å². The molecule has 0 aliphatic heterocycles. The lowest BCUT2D eigenvalue weighted by atomic mass is 10.1. The molecule has 0 radical (unpaired) electrons. The number of benzene rings is 1. The van der Waals surface area contributed by atoms with Gasteiger partial charge in [-0.15, -0.1) is 0 Å². The number of para-hydroxylation sites is 1. The SMILES string of the molecule is Cc1cccc2nc(-c3ccccn3)n(CCc3ccncc3)c12. The minimum atomic E-state index is 0.858. The van der Waals surface area contributed by atoms with Crippen molar-refractivity contribution in [1.29, 1.82) is 0 Å². The van der Waals surface area contributed by atoms with Gasteiger partial charge in [-0.1, -0.05) is 18.2 Å². The zero-order valence-electron chi connectivity index (χ0n) is 13.6. The van der Waals surface area contributed by atoms with E-state index in [0.29, 0.717) is 0 Å². The summed E-state index contributed by atoms with van der Waals surface area (Å²) in [4.78, 5) is 13.4. The van der Waals surface area contributed by atoms with Crippen molar-refractivity contribution in [3.8, 4) is 11.5 Å². The van der Waals surface area contributed by atoms with Gasteiger partial charge >= 0.3 is 0 Å². The predicted molar refractivity (Wildman–Crippen MR) is 95.6 cm³/mol. The maximum atomic E-state index is 4.84. The van der Waals surface area contributed by atoms with Crippen LogP contribution < -0.4 is 0 Å². The van der Waals surface area contributed by atoms with Crippen LogP contribution in [0.4, 0.5) is 0 Å². The van der Waals surface area contributed by atoms with Gasteiger partial charge in [-0.05, 0) is 54.8 Å². The molecular formula is C20H18N4. The minimum Gasteiger partial charge on any atom is -0.322 e. The van der Waals surface area contributed by atoms with Gasteiger partial charge in [-0.25, -0.2) is 4.98 Å². The van der Waals surface area contributed by atoms with Crippen LogP contribution in [0.25, 0.3) is 22.6 Å². The van der Waals surface area contributed by atoms with Crippen molar-refractivity contribution in [3.63, 3.8) is 0 Å². The summed E-state index contributed by atoms with van der Waals surface area (Å²) < 4.78 is 2.29. The van der Waals surface area contributed by atoms with E-state index in [-0.39, 0.29) is 0 Å². The Morgan fingerprint density at radius 2 is 1.79 bits per heavy atom. The highest BCUT2D eigenvalue weighted by Gasteiger charge is 2.14. The Hall–Kier alpha value is -3.01. The molecule has 0 saturated carbocycles. The van der Waals surface area contributed by atoms with Crippen molar-refractivity contribution in [2.75, 3.05) is 0 Å². The van der Waals surface area contributed by atoms with Gasteiger partial charge in [-0.3, -0.25) is 9.97 Å². The van der Waals surface area contributed by atoms with E-state index >= 15 is 0 Å². The molecule has 0 spiro atoms. The summed E-state index contributed by atoms with van der Waals surface area (Å²) >= 11 is 0. The molecule has 0 atom stereocenters. The first-order valence-electron chi connectivity index (χ1n) is 8.09. The quantitative estimate of drug-likeness (QED) is 0.571. The maximum absolute atomic E-state index is 4.84. The zero-order chi connectivity index (χ0) is 16.4. The number of nitrogens with zero attached hydrogens (tertiary/aromatic N) is 4. The molecule has 24 heavy (non-hydrogen) atoms. The van der Waals surface area contributed by atoms with Gasteiger partial charge in [0.2, 0.25) is 0 Å². The molecule has 3 heterocycles. The lowest BCUT2D eigenvalue weighted by Crippen LogP contribution is -2.05. The molecule has 0 saturated heterocycles. The molecule has 4 aromatic rings. The van der Waals surface area contributed by atoms with Crippen molar-refractivity contribution < 1.29 is 0 Å². The Morgan fingerprint density at radius 1 is 0.917 bits per heavy atom. The van der Waals surface area contributed by atoms with Crippen LogP contribution in [0.2, 0.25) is 0 Å². The van der Waals surface area contributed by atoms with Crippen molar-refractivity contribution in [1.82, 2.24) is 19.5 Å². The molecule has 0 fully saturated rings. The van der Waals surface area contributed by atoms with Crippen LogP contribution in [-0.2, 0) is 13.0 Å². The van der Waals surface area contributed by atoms with Crippen LogP contribution in [-0.4, -0.2) is 19.5 Å². The first-order valence-corrected chi connectivity index (χ1v) is 8.09. The van der Waals surface area contributed by atoms with E-state index in [1.165, 1.54) is 16.6 Å². The van der Waals surface area contributed by atoms with E-state index in [2.05, 4.69) is 51.8 Å². The predicted octanol–water partition coefficient (Wildman–Crippen LogP) is 4.04. The molecule has 4 nitrogen and oxygen atoms in total. The second-order valence-corrected chi connectivity index (χ2v) is 5.85. The van der Waals surface area contributed by atoms with E-state index < -0.39 is 0 Å². The number of aryl methyl sites for hydroxylation is 3. The number of hydrogen-bond donors (Lipinski definition) is 0. The monoisotopic (exact) mass is 314 g/mol. The number of rotatable bonds is 4. The van der Waals surface area contributed by atoms with Crippen molar-refractivity contribution in [2.45, 2.75) is 19.9 Å². The second-order valence-electron chi connectivity index (χ2n) is 5.85. The Balaban J connectivity index is 1.82. The van der Waals surface area contributed by atoms with E-state index in [1.807, 2.05) is 36.8 Å². The largest absolute Gasteiger partial charge is 0.322 e. The van der Waals surface area contributed by atoms with Gasteiger partial charge < -0.3 is 4.57 Å². The first-order chi connectivity index (χ1) is 11.8. The molecule has 0 amide bonds. The smallest absolute Gasteiger partial charge is 0.159 e. The fourth-order valence-corrected chi connectivity index (χ4v) is 3.06. The summed E-state index contributed by atoms with van der Waals surface area (Å²) in [5.74, 6) is 0.925. The number of pyridine rings is 2. The summed E-state index contributed by atoms with van der Waals surface area (Å²) in [6.45, 7) is 2.99. The molecule has 3 aromatic heterocycles. The summed E-state index contributed by atoms with van der Waals surface area (Å²) in [5.41, 5.74) is 5.62. The Bertz CT molecular complexity index is 959. The number of fused-ring (bicyclic) bond motifs is 1. The Kier molecular flexibility index (Phi) is 3.79. The van der Waals surface area contributed by atoms with Crippen molar-refractivity contribution in [3.05, 3.63) is 78.2 Å². The lowest BCUT2D eigenvalue weighted by molar-refractivity contribution is 0.719. The highest BCUT2D eigenvalue weighted by Crippen LogP contribution is 2.26. The standard InChI is InChI=1S/C20H18N4/c1-15-5-4-7-17-19(15)24(14-10-16-8-12-21-13-9-16)20(23-17)18-6-2-3-11-22-18/h2-9,11-13H,10,14H2,1H3. The number of imidazole rings is 1. The van der Waals surface area contributed by atoms with Gasteiger partial charge in [0.1, 0.15) is 5.69 Å². The van der Waals surface area contributed by atoms with Crippen LogP contribution in [0.15, 0.2) is 67.1 Å². The normalized spacial score (nSPS) is 11.0. The summed E-state index contributed by atoms with van der Waals surface area (Å²) in [5, 5.41) is 0. The highest BCUT2D eigenvalue weighted by atomic mass is 15.1. The molecule has 1 aromatic carbocycles. The molecule has 0 unspecified atom stereocenters. The summed E-state index contributed by atoms with van der Waals surface area (Å²) in [6, 6.07) is 16.3. The molecule has 4 rings (SSSR count). The third-order valence-electron chi connectivity index (χ3n) is 4.24. The van der Waals surface area contributed by atoms with Crippen LogP contribution in [0.5, 0.6) is 0 Å². The average Bonchev–Trinajstić information content (AvgIpc) is 3.01. The molecule has 4 heteroatoms. The molecule has 0 aliphatic rings. The Labute approximate surface area is 140 Å². The van der Waals surface area contributed by atoms with E-state index in [0.717, 1.165) is 30.0 Å². The van der Waals surface area contributed by atoms with Gasteiger partial charge in [0, 0.05) is 25.1 Å². The second kappa shape index (κ2) is 6.24. The average molecular weight is 314 g/mol. The van der Waals surface area contributed by atoms with E-state index in [1.54, 1.807) is 0 Å². The van der Waals surface area contributed by atoms with Gasteiger partial charge in [-0.2, -0.15) is 0 Å². The van der Waals surface area contributed by atoms with Gasteiger partial charge in [0.25, 0.3) is 0 Å². The first kappa shape index (κ1) is 14.6.